The third-order valence-electron chi connectivity index (χ3n) is 1.70. The fourth-order valence-electron chi connectivity index (χ4n) is 0.964. The molecule has 0 N–H and O–H groups in total. The Labute approximate surface area is 78.1 Å². The molecule has 1 aromatic carbocycles. The van der Waals surface area contributed by atoms with E-state index in [2.05, 4.69) is 0 Å². The average molecular weight is 182 g/mol. The van der Waals surface area contributed by atoms with Crippen LogP contribution in [0.5, 0.6) is 5.75 Å². The van der Waals surface area contributed by atoms with Gasteiger partial charge < -0.3 is 9.47 Å². The molecule has 0 unspecified atom stereocenters. The molecule has 0 bridgehead atoms. The van der Waals surface area contributed by atoms with Crippen molar-refractivity contribution in [1.29, 1.82) is 0 Å². The zero-order valence-electron chi connectivity index (χ0n) is 7.84. The van der Waals surface area contributed by atoms with Gasteiger partial charge in [-0.2, -0.15) is 0 Å². The van der Waals surface area contributed by atoms with Crippen molar-refractivity contribution in [2.45, 2.75) is 0 Å². The highest BCUT2D eigenvalue weighted by atomic mass is 19.1. The topological polar surface area (TPSA) is 18.5 Å². The van der Waals surface area contributed by atoms with Gasteiger partial charge in [0, 0.05) is 13.2 Å². The number of benzene rings is 1. The maximum absolute atomic E-state index is 12.7. The van der Waals surface area contributed by atoms with Crippen LogP contribution in [0.4, 0.5) is 4.39 Å². The summed E-state index contributed by atoms with van der Waals surface area (Å²) in [5.74, 6) is 0.301. The summed E-state index contributed by atoms with van der Waals surface area (Å²) in [5, 5.41) is 0. The molecular formula is C9H12BFO2. The van der Waals surface area contributed by atoms with Crippen LogP contribution < -0.4 is 10.2 Å². The highest BCUT2D eigenvalue weighted by Gasteiger charge is 2.00. The van der Waals surface area contributed by atoms with E-state index in [-0.39, 0.29) is 5.82 Å². The summed E-state index contributed by atoms with van der Waals surface area (Å²) < 4.78 is 22.9. The van der Waals surface area contributed by atoms with Gasteiger partial charge in [-0.15, -0.1) is 0 Å². The number of rotatable bonds is 4. The van der Waals surface area contributed by atoms with Crippen molar-refractivity contribution in [2.75, 3.05) is 20.3 Å². The van der Waals surface area contributed by atoms with Gasteiger partial charge in [-0.05, 0) is 11.5 Å². The maximum Gasteiger partial charge on any atom is 0.144 e. The molecule has 0 atom stereocenters. The molecule has 0 aliphatic carbocycles. The number of methoxy groups -OCH3 is 1. The van der Waals surface area contributed by atoms with Crippen LogP contribution in [0, 0.1) is 5.82 Å². The van der Waals surface area contributed by atoms with Gasteiger partial charge in [-0.25, -0.2) is 4.39 Å². The molecule has 0 amide bonds. The van der Waals surface area contributed by atoms with Crippen LogP contribution in [0.2, 0.25) is 0 Å². The Hall–Kier alpha value is -1.03. The van der Waals surface area contributed by atoms with Crippen LogP contribution in [0.1, 0.15) is 0 Å². The van der Waals surface area contributed by atoms with E-state index in [0.29, 0.717) is 19.0 Å². The summed E-state index contributed by atoms with van der Waals surface area (Å²) in [6, 6.07) is 4.49. The normalized spacial score (nSPS) is 10.0. The van der Waals surface area contributed by atoms with E-state index in [1.165, 1.54) is 12.1 Å². The second-order valence-corrected chi connectivity index (χ2v) is 2.75. The average Bonchev–Trinajstić information content (AvgIpc) is 2.11. The molecule has 0 radical (unpaired) electrons. The van der Waals surface area contributed by atoms with Crippen LogP contribution in [0.3, 0.4) is 0 Å². The molecule has 4 heteroatoms. The first-order valence-corrected chi connectivity index (χ1v) is 4.12. The third-order valence-corrected chi connectivity index (χ3v) is 1.70. The number of hydrogen-bond donors (Lipinski definition) is 0. The van der Waals surface area contributed by atoms with Crippen LogP contribution >= 0.6 is 0 Å². The molecule has 0 fully saturated rings. The first kappa shape index (κ1) is 10.1. The molecule has 0 heterocycles. The van der Waals surface area contributed by atoms with Gasteiger partial charge in [-0.3, -0.25) is 0 Å². The van der Waals surface area contributed by atoms with Crippen molar-refractivity contribution in [1.82, 2.24) is 0 Å². The highest BCUT2D eigenvalue weighted by Crippen LogP contribution is 2.08. The number of halogens is 1. The van der Waals surface area contributed by atoms with Crippen LogP contribution in [0.25, 0.3) is 0 Å². The molecule has 0 spiro atoms. The van der Waals surface area contributed by atoms with E-state index in [9.17, 15) is 4.39 Å². The molecule has 0 saturated carbocycles. The van der Waals surface area contributed by atoms with Crippen molar-refractivity contribution < 1.29 is 13.9 Å². The largest absolute Gasteiger partial charge is 0.492 e. The van der Waals surface area contributed by atoms with Gasteiger partial charge in [0.1, 0.15) is 26.0 Å². The molecule has 70 valence electrons. The van der Waals surface area contributed by atoms with E-state index < -0.39 is 0 Å². The first-order chi connectivity index (χ1) is 6.24. The molecule has 0 aromatic heterocycles. The van der Waals surface area contributed by atoms with Gasteiger partial charge in [0.05, 0.1) is 6.61 Å². The van der Waals surface area contributed by atoms with Crippen molar-refractivity contribution in [3.8, 4) is 5.75 Å². The third kappa shape index (κ3) is 3.07. The smallest absolute Gasteiger partial charge is 0.144 e. The summed E-state index contributed by atoms with van der Waals surface area (Å²) in [5.41, 5.74) is 0.928. The minimum absolute atomic E-state index is 0.280. The molecule has 0 aliphatic heterocycles. The Morgan fingerprint density at radius 1 is 1.38 bits per heavy atom. The second kappa shape index (κ2) is 4.87. The van der Waals surface area contributed by atoms with Crippen molar-refractivity contribution in [3.05, 3.63) is 24.0 Å². The van der Waals surface area contributed by atoms with Gasteiger partial charge in [-0.1, -0.05) is 6.07 Å². The predicted molar refractivity (Wildman–Crippen MR) is 51.9 cm³/mol. The molecular weight excluding hydrogens is 170 g/mol. The van der Waals surface area contributed by atoms with Crippen molar-refractivity contribution in [2.24, 2.45) is 0 Å². The minimum atomic E-state index is -0.280. The molecule has 0 aliphatic rings. The fraction of sp³-hybridized carbons (Fsp3) is 0.333. The Morgan fingerprint density at radius 3 is 2.85 bits per heavy atom. The predicted octanol–water partition coefficient (Wildman–Crippen LogP) is 0.109. The van der Waals surface area contributed by atoms with E-state index in [4.69, 9.17) is 9.47 Å². The summed E-state index contributed by atoms with van der Waals surface area (Å²) in [6.07, 6.45) is 0. The lowest BCUT2D eigenvalue weighted by molar-refractivity contribution is 0.146. The Balaban J connectivity index is 2.59. The first-order valence-electron chi connectivity index (χ1n) is 4.12. The summed E-state index contributed by atoms with van der Waals surface area (Å²) in [6.45, 7) is 0.955. The van der Waals surface area contributed by atoms with E-state index >= 15 is 0 Å². The van der Waals surface area contributed by atoms with Crippen LogP contribution in [-0.2, 0) is 4.74 Å². The minimum Gasteiger partial charge on any atom is -0.492 e. The Bertz CT molecular complexity index is 278. The summed E-state index contributed by atoms with van der Waals surface area (Å²) in [4.78, 5) is 0. The lowest BCUT2D eigenvalue weighted by Gasteiger charge is -2.08. The zero-order chi connectivity index (χ0) is 9.68. The summed E-state index contributed by atoms with van der Waals surface area (Å²) >= 11 is 0. The van der Waals surface area contributed by atoms with Gasteiger partial charge in [0.2, 0.25) is 0 Å². The van der Waals surface area contributed by atoms with Crippen molar-refractivity contribution >= 4 is 13.3 Å². The van der Waals surface area contributed by atoms with E-state index in [1.807, 2.05) is 7.85 Å². The maximum atomic E-state index is 12.7. The van der Waals surface area contributed by atoms with Gasteiger partial charge in [0.15, 0.2) is 0 Å². The Kier molecular flexibility index (Phi) is 3.77. The number of ether oxygens (including phenoxy) is 2. The second-order valence-electron chi connectivity index (χ2n) is 2.75. The summed E-state index contributed by atoms with van der Waals surface area (Å²) in [7, 11) is 3.48. The van der Waals surface area contributed by atoms with Crippen LogP contribution in [-0.4, -0.2) is 28.2 Å². The molecule has 1 rings (SSSR count). The molecule has 13 heavy (non-hydrogen) atoms. The molecule has 1 aromatic rings. The van der Waals surface area contributed by atoms with Gasteiger partial charge >= 0.3 is 0 Å². The highest BCUT2D eigenvalue weighted by molar-refractivity contribution is 6.34. The van der Waals surface area contributed by atoms with Crippen molar-refractivity contribution in [3.63, 3.8) is 0 Å². The zero-order valence-corrected chi connectivity index (χ0v) is 7.84. The lowest BCUT2D eigenvalue weighted by Crippen LogP contribution is -2.12. The quantitative estimate of drug-likeness (QED) is 0.486. The van der Waals surface area contributed by atoms with Gasteiger partial charge in [0.25, 0.3) is 0 Å². The number of hydrogen-bond acceptors (Lipinski definition) is 2. The van der Waals surface area contributed by atoms with E-state index in [0.717, 1.165) is 5.46 Å². The fourth-order valence-corrected chi connectivity index (χ4v) is 0.964. The Morgan fingerprint density at radius 2 is 2.15 bits per heavy atom. The van der Waals surface area contributed by atoms with E-state index in [1.54, 1.807) is 13.2 Å². The molecule has 2 nitrogen and oxygen atoms in total. The standard InChI is InChI=1S/C9H12BFO2/c1-12-4-5-13-9-6-7(11)2-3-8(9)10/h2-3,6H,4-5,10H2,1H3. The molecule has 0 saturated heterocycles. The lowest BCUT2D eigenvalue weighted by atomic mass is 9.95. The monoisotopic (exact) mass is 182 g/mol. The van der Waals surface area contributed by atoms with Crippen LogP contribution in [0.15, 0.2) is 18.2 Å². The SMILES string of the molecule is Bc1ccc(F)cc1OCCOC.